The van der Waals surface area contributed by atoms with Crippen molar-refractivity contribution in [2.24, 2.45) is 5.92 Å². The zero-order valence-electron chi connectivity index (χ0n) is 41.8. The van der Waals surface area contributed by atoms with Crippen molar-refractivity contribution in [2.45, 2.75) is 210 Å². The molecule has 1 unspecified atom stereocenters. The Balaban J connectivity index is 1.78. The van der Waals surface area contributed by atoms with E-state index in [4.69, 9.17) is 33.2 Å². The summed E-state index contributed by atoms with van der Waals surface area (Å²) in [7, 11) is 3.04. The summed E-state index contributed by atoms with van der Waals surface area (Å²) in [6, 6.07) is -5.30. The highest BCUT2D eigenvalue weighted by Gasteiger charge is 2.58. The maximum atomic E-state index is 14.2. The number of nitrogens with zero attached hydrogens (tertiary/aromatic N) is 1. The molecule has 384 valence electrons. The molecule has 0 aromatic carbocycles. The van der Waals surface area contributed by atoms with Crippen LogP contribution >= 0.6 is 0 Å². The van der Waals surface area contributed by atoms with E-state index in [1.54, 1.807) is 96.2 Å². The molecule has 67 heavy (non-hydrogen) atoms. The Labute approximate surface area is 393 Å². The lowest BCUT2D eigenvalue weighted by molar-refractivity contribution is -0.306. The van der Waals surface area contributed by atoms with Crippen molar-refractivity contribution in [3.63, 3.8) is 0 Å². The molecule has 0 radical (unpaired) electrons. The van der Waals surface area contributed by atoms with E-state index in [0.717, 1.165) is 4.90 Å². The van der Waals surface area contributed by atoms with Crippen LogP contribution in [0.4, 0.5) is 19.2 Å². The van der Waals surface area contributed by atoms with Crippen molar-refractivity contribution in [3.05, 3.63) is 11.8 Å². The van der Waals surface area contributed by atoms with Crippen LogP contribution in [0.3, 0.4) is 0 Å². The van der Waals surface area contributed by atoms with Gasteiger partial charge in [0.1, 0.15) is 57.7 Å². The van der Waals surface area contributed by atoms with Crippen LogP contribution in [-0.4, -0.2) is 177 Å². The van der Waals surface area contributed by atoms with Gasteiger partial charge < -0.3 is 85.1 Å². The molecule has 2 aliphatic heterocycles. The molecule has 22 nitrogen and oxygen atoms in total. The van der Waals surface area contributed by atoms with E-state index < -0.39 is 137 Å². The Morgan fingerprint density at radius 2 is 1.25 bits per heavy atom. The summed E-state index contributed by atoms with van der Waals surface area (Å²) in [5.74, 6) is -1.64. The second-order valence-electron chi connectivity index (χ2n) is 22.4. The first-order chi connectivity index (χ1) is 30.5. The van der Waals surface area contributed by atoms with E-state index >= 15 is 0 Å². The van der Waals surface area contributed by atoms with Gasteiger partial charge in [-0.1, -0.05) is 0 Å². The molecule has 4 aliphatic rings. The zero-order chi connectivity index (χ0) is 50.8. The van der Waals surface area contributed by atoms with Crippen molar-refractivity contribution in [3.8, 4) is 0 Å². The molecule has 5 amide bonds. The average Bonchev–Trinajstić information content (AvgIpc) is 3.11. The van der Waals surface area contributed by atoms with Gasteiger partial charge in [-0.05, 0) is 116 Å². The standard InChI is InChI=1S/C45H78N6O16/c1-40(2,3)64-36(55)47-23-19-45(60,20-23)35(54)48-27-18-26(50-38(57)66-42(7,8)9)28(31-25(17-16-24(62-31)21-46-14)49-37(56)65-41(4,5)6)29(52)32(27)63-34-30(53)33(44(13,59)22-61-34)51(15)39(58)67-43(10,11)12/h16,23,25-34,46,52-53,59-60H,17-22H2,1-15H3,(H,47,55)(H,48,54)(H,49,56)(H,50,57)/t23?,25-,26+,27-,28?,29+,30-,31+,32+,33-,34-,44+,45?/m1/s1. The maximum absolute atomic E-state index is 14.2. The number of carbonyl (C=O) groups is 5. The number of nitrogens with one attached hydrogen (secondary N) is 5. The molecule has 3 fully saturated rings. The molecule has 4 rings (SSSR count). The molecular weight excluding hydrogens is 881 g/mol. The molecule has 22 heteroatoms. The van der Waals surface area contributed by atoms with Crippen molar-refractivity contribution in [1.82, 2.24) is 31.5 Å². The molecule has 11 atom stereocenters. The van der Waals surface area contributed by atoms with Crippen LogP contribution < -0.4 is 26.6 Å². The van der Waals surface area contributed by atoms with Gasteiger partial charge in [-0.25, -0.2) is 19.2 Å². The molecule has 2 saturated carbocycles. The SMILES string of the molecule is CNCC1=CC[C@@H](NC(=O)OC(C)(C)C)[C@@H](C2[C@@H](NC(=O)OC(C)(C)C)C[C@@H](NC(=O)C3(O)CC(NC(=O)OC(C)(C)C)C3)[C@H](O[C@H]3OC[C@](C)(O)[C@H](N(C)C(=O)OC(C)(C)C)[C@H]3O)[C@H]2O)O1. The zero-order valence-corrected chi connectivity index (χ0v) is 41.8. The van der Waals surface area contributed by atoms with Gasteiger partial charge in [-0.3, -0.25) is 4.79 Å². The summed E-state index contributed by atoms with van der Waals surface area (Å²) in [4.78, 5) is 68.0. The molecule has 1 saturated heterocycles. The van der Waals surface area contributed by atoms with Gasteiger partial charge in [0.15, 0.2) is 6.29 Å². The first kappa shape index (κ1) is 55.4. The Morgan fingerprint density at radius 3 is 1.76 bits per heavy atom. The highest BCUT2D eigenvalue weighted by molar-refractivity contribution is 5.87. The van der Waals surface area contributed by atoms with Crippen LogP contribution in [0.5, 0.6) is 0 Å². The van der Waals surface area contributed by atoms with E-state index in [1.165, 1.54) is 14.0 Å². The van der Waals surface area contributed by atoms with Crippen molar-refractivity contribution in [1.29, 1.82) is 0 Å². The van der Waals surface area contributed by atoms with Gasteiger partial charge in [0.2, 0.25) is 0 Å². The monoisotopic (exact) mass is 959 g/mol. The number of likely N-dealkylation sites (N-methyl/N-ethyl adjacent to an activating group) is 2. The molecule has 2 aliphatic carbocycles. The van der Waals surface area contributed by atoms with Crippen LogP contribution in [0.25, 0.3) is 0 Å². The summed E-state index contributed by atoms with van der Waals surface area (Å²) in [5.41, 5.74) is -7.44. The van der Waals surface area contributed by atoms with Crippen LogP contribution in [-0.2, 0) is 38.0 Å². The first-order valence-corrected chi connectivity index (χ1v) is 22.8. The third kappa shape index (κ3) is 15.4. The van der Waals surface area contributed by atoms with Crippen LogP contribution in [0.1, 0.15) is 116 Å². The minimum absolute atomic E-state index is 0.193. The summed E-state index contributed by atoms with van der Waals surface area (Å²) in [6.45, 7) is 21.3. The number of aliphatic hydroxyl groups is 4. The first-order valence-electron chi connectivity index (χ1n) is 22.8. The summed E-state index contributed by atoms with van der Waals surface area (Å²) < 4.78 is 41.1. The third-order valence-corrected chi connectivity index (χ3v) is 11.3. The number of hydrogen-bond acceptors (Lipinski definition) is 17. The summed E-state index contributed by atoms with van der Waals surface area (Å²) in [5, 5.41) is 62.0. The minimum Gasteiger partial charge on any atom is -0.491 e. The Bertz CT molecular complexity index is 1800. The number of aliphatic hydroxyl groups excluding tert-OH is 2. The van der Waals surface area contributed by atoms with Gasteiger partial charge in [-0.15, -0.1) is 0 Å². The lowest BCUT2D eigenvalue weighted by Crippen LogP contribution is -2.72. The topological polar surface area (TPSA) is 294 Å². The van der Waals surface area contributed by atoms with Gasteiger partial charge in [0, 0.05) is 37.9 Å². The second kappa shape index (κ2) is 20.8. The molecule has 0 spiro atoms. The van der Waals surface area contributed by atoms with Crippen LogP contribution in [0, 0.1) is 5.92 Å². The molecule has 0 aromatic rings. The lowest BCUT2D eigenvalue weighted by Gasteiger charge is -2.52. The Hall–Kier alpha value is -4.19. The van der Waals surface area contributed by atoms with Gasteiger partial charge in [-0.2, -0.15) is 0 Å². The van der Waals surface area contributed by atoms with E-state index in [0.29, 0.717) is 5.76 Å². The Kier molecular flexibility index (Phi) is 17.2. The number of amides is 5. The summed E-state index contributed by atoms with van der Waals surface area (Å²) in [6.07, 6.45) is -9.84. The average molecular weight is 959 g/mol. The molecular formula is C45H78N6O16. The molecule has 0 aromatic heterocycles. The van der Waals surface area contributed by atoms with E-state index in [2.05, 4.69) is 26.6 Å². The fourth-order valence-corrected chi connectivity index (χ4v) is 8.69. The smallest absolute Gasteiger partial charge is 0.410 e. The highest BCUT2D eigenvalue weighted by atomic mass is 16.7. The van der Waals surface area contributed by atoms with Crippen LogP contribution in [0.15, 0.2) is 11.8 Å². The van der Waals surface area contributed by atoms with Gasteiger partial charge >= 0.3 is 24.4 Å². The number of alkyl carbamates (subject to hydrolysis) is 3. The predicted molar refractivity (Wildman–Crippen MR) is 240 cm³/mol. The fourth-order valence-electron chi connectivity index (χ4n) is 8.69. The van der Waals surface area contributed by atoms with Crippen LogP contribution in [0.2, 0.25) is 0 Å². The van der Waals surface area contributed by atoms with Crippen molar-refractivity contribution >= 4 is 30.3 Å². The van der Waals surface area contributed by atoms with Gasteiger partial charge in [0.05, 0.1) is 37.4 Å². The van der Waals surface area contributed by atoms with Gasteiger partial charge in [0.25, 0.3) is 5.91 Å². The maximum Gasteiger partial charge on any atom is 0.410 e. The third-order valence-electron chi connectivity index (χ3n) is 11.3. The number of hydrogen-bond donors (Lipinski definition) is 9. The minimum atomic E-state index is -2.01. The number of rotatable bonds is 11. The van der Waals surface area contributed by atoms with Crippen molar-refractivity contribution in [2.75, 3.05) is 27.2 Å². The largest absolute Gasteiger partial charge is 0.491 e. The number of ether oxygens (including phenoxy) is 7. The van der Waals surface area contributed by atoms with E-state index in [9.17, 15) is 44.4 Å². The van der Waals surface area contributed by atoms with E-state index in [-0.39, 0.29) is 32.2 Å². The summed E-state index contributed by atoms with van der Waals surface area (Å²) >= 11 is 0. The second-order valence-corrected chi connectivity index (χ2v) is 22.4. The molecule has 0 bridgehead atoms. The van der Waals surface area contributed by atoms with E-state index in [1.807, 2.05) is 0 Å². The fraction of sp³-hybridized carbons (Fsp3) is 0.844. The molecule has 9 N–H and O–H groups in total. The number of carbonyl (C=O) groups excluding carboxylic acids is 5. The lowest BCUT2D eigenvalue weighted by atomic mass is 9.71. The normalized spacial score (nSPS) is 33.6. The quantitative estimate of drug-likeness (QED) is 0.134. The highest BCUT2D eigenvalue weighted by Crippen LogP contribution is 2.40. The molecule has 2 heterocycles. The Morgan fingerprint density at radius 1 is 0.746 bits per heavy atom. The van der Waals surface area contributed by atoms with Crippen molar-refractivity contribution < 1.29 is 77.6 Å². The predicted octanol–water partition coefficient (Wildman–Crippen LogP) is 2.04.